The summed E-state index contributed by atoms with van der Waals surface area (Å²) in [6, 6.07) is 3.73. The van der Waals surface area contributed by atoms with Gasteiger partial charge in [-0.2, -0.15) is 0 Å². The van der Waals surface area contributed by atoms with Crippen molar-refractivity contribution >= 4 is 17.4 Å². The van der Waals surface area contributed by atoms with Gasteiger partial charge in [0, 0.05) is 13.6 Å². The van der Waals surface area contributed by atoms with E-state index in [0.29, 0.717) is 10.7 Å². The minimum Gasteiger partial charge on any atom is -0.390 e. The molecule has 18 heavy (non-hydrogen) atoms. The molecular weight excluding hydrogens is 248 g/mol. The highest BCUT2D eigenvalue weighted by atomic mass is 35.5. The zero-order chi connectivity index (χ0) is 13.0. The van der Waals surface area contributed by atoms with E-state index in [1.165, 1.54) is 32.1 Å². The second-order valence-corrected chi connectivity index (χ2v) is 5.55. The quantitative estimate of drug-likeness (QED) is 0.911. The highest BCUT2D eigenvalue weighted by Crippen LogP contribution is 2.26. The lowest BCUT2D eigenvalue weighted by molar-refractivity contribution is 0.277. The predicted molar refractivity (Wildman–Crippen MR) is 75.0 cm³/mol. The van der Waals surface area contributed by atoms with E-state index >= 15 is 0 Å². The minimum atomic E-state index is -0.107. The number of aromatic nitrogens is 1. The van der Waals surface area contributed by atoms with Gasteiger partial charge >= 0.3 is 0 Å². The standard InChI is InChI=1S/C14H21ClN2O/c1-17(9-11-5-3-2-4-6-11)14-8-7-12(15)13(10-18)16-14/h7-8,11,18H,2-6,9-10H2,1H3. The van der Waals surface area contributed by atoms with Crippen molar-refractivity contribution in [2.24, 2.45) is 5.92 Å². The van der Waals surface area contributed by atoms with E-state index in [2.05, 4.69) is 16.9 Å². The van der Waals surface area contributed by atoms with Gasteiger partial charge in [-0.3, -0.25) is 0 Å². The molecule has 0 spiro atoms. The van der Waals surface area contributed by atoms with Gasteiger partial charge in [-0.1, -0.05) is 30.9 Å². The highest BCUT2D eigenvalue weighted by Gasteiger charge is 2.16. The molecule has 1 aromatic rings. The number of aliphatic hydroxyl groups is 1. The Morgan fingerprint density at radius 1 is 1.33 bits per heavy atom. The van der Waals surface area contributed by atoms with Crippen LogP contribution in [-0.2, 0) is 6.61 Å². The molecule has 100 valence electrons. The Kier molecular flexibility index (Phi) is 4.84. The smallest absolute Gasteiger partial charge is 0.128 e. The third-order valence-corrected chi connectivity index (χ3v) is 4.05. The van der Waals surface area contributed by atoms with E-state index in [4.69, 9.17) is 11.6 Å². The lowest BCUT2D eigenvalue weighted by Gasteiger charge is -2.28. The molecule has 3 nitrogen and oxygen atoms in total. The van der Waals surface area contributed by atoms with Crippen molar-refractivity contribution in [3.05, 3.63) is 22.8 Å². The van der Waals surface area contributed by atoms with E-state index in [1.807, 2.05) is 12.1 Å². The maximum absolute atomic E-state index is 9.18. The maximum Gasteiger partial charge on any atom is 0.128 e. The van der Waals surface area contributed by atoms with Gasteiger partial charge in [-0.05, 0) is 30.9 Å². The van der Waals surface area contributed by atoms with Crippen LogP contribution in [0.1, 0.15) is 37.8 Å². The largest absolute Gasteiger partial charge is 0.390 e. The molecule has 1 fully saturated rings. The molecule has 0 aromatic carbocycles. The number of pyridine rings is 1. The van der Waals surface area contributed by atoms with E-state index < -0.39 is 0 Å². The summed E-state index contributed by atoms with van der Waals surface area (Å²) >= 11 is 5.95. The summed E-state index contributed by atoms with van der Waals surface area (Å²) in [5.74, 6) is 1.67. The van der Waals surface area contributed by atoms with Gasteiger partial charge in [-0.15, -0.1) is 0 Å². The fourth-order valence-electron chi connectivity index (χ4n) is 2.65. The van der Waals surface area contributed by atoms with Crippen molar-refractivity contribution < 1.29 is 5.11 Å². The molecule has 1 saturated carbocycles. The van der Waals surface area contributed by atoms with E-state index in [1.54, 1.807) is 0 Å². The van der Waals surface area contributed by atoms with Gasteiger partial charge in [0.2, 0.25) is 0 Å². The Morgan fingerprint density at radius 3 is 2.72 bits per heavy atom. The minimum absolute atomic E-state index is 0.107. The van der Waals surface area contributed by atoms with Crippen molar-refractivity contribution in [3.63, 3.8) is 0 Å². The Bertz CT molecular complexity index is 391. The molecule has 1 N–H and O–H groups in total. The van der Waals surface area contributed by atoms with Crippen molar-refractivity contribution in [2.45, 2.75) is 38.7 Å². The second-order valence-electron chi connectivity index (χ2n) is 5.14. The van der Waals surface area contributed by atoms with Crippen molar-refractivity contribution in [3.8, 4) is 0 Å². The summed E-state index contributed by atoms with van der Waals surface area (Å²) in [6.07, 6.45) is 6.74. The van der Waals surface area contributed by atoms with Gasteiger partial charge in [0.15, 0.2) is 0 Å². The van der Waals surface area contributed by atoms with Crippen LogP contribution >= 0.6 is 11.6 Å². The Hall–Kier alpha value is -0.800. The Balaban J connectivity index is 2.01. The van der Waals surface area contributed by atoms with Gasteiger partial charge in [0.25, 0.3) is 0 Å². The number of hydrogen-bond acceptors (Lipinski definition) is 3. The summed E-state index contributed by atoms with van der Waals surface area (Å²) in [5, 5.41) is 9.72. The molecule has 1 aliphatic rings. The molecule has 1 aromatic heterocycles. The van der Waals surface area contributed by atoms with Crippen LogP contribution in [0.3, 0.4) is 0 Å². The molecule has 0 saturated heterocycles. The molecule has 0 amide bonds. The SMILES string of the molecule is CN(CC1CCCCC1)c1ccc(Cl)c(CO)n1. The normalized spacial score (nSPS) is 16.8. The first-order valence-electron chi connectivity index (χ1n) is 6.68. The number of hydrogen-bond donors (Lipinski definition) is 1. The fourth-order valence-corrected chi connectivity index (χ4v) is 2.81. The average molecular weight is 269 g/mol. The summed E-state index contributed by atoms with van der Waals surface area (Å²) in [6.45, 7) is 0.934. The van der Waals surface area contributed by atoms with Crippen LogP contribution in [-0.4, -0.2) is 23.7 Å². The topological polar surface area (TPSA) is 36.4 Å². The number of anilines is 1. The van der Waals surface area contributed by atoms with Crippen LogP contribution in [0.5, 0.6) is 0 Å². The van der Waals surface area contributed by atoms with E-state index in [9.17, 15) is 5.11 Å². The third kappa shape index (κ3) is 3.36. The molecule has 0 radical (unpaired) electrons. The predicted octanol–water partition coefficient (Wildman–Crippen LogP) is 3.24. The Morgan fingerprint density at radius 2 is 2.06 bits per heavy atom. The number of halogens is 1. The zero-order valence-corrected chi connectivity index (χ0v) is 11.7. The third-order valence-electron chi connectivity index (χ3n) is 3.70. The second kappa shape index (κ2) is 6.39. The molecule has 0 aliphatic heterocycles. The zero-order valence-electron chi connectivity index (χ0n) is 10.9. The summed E-state index contributed by atoms with van der Waals surface area (Å²) in [5.41, 5.74) is 0.560. The molecular formula is C14H21ClN2O. The van der Waals surface area contributed by atoms with E-state index in [-0.39, 0.29) is 6.61 Å². The van der Waals surface area contributed by atoms with Crippen LogP contribution in [0.4, 0.5) is 5.82 Å². The van der Waals surface area contributed by atoms with Gasteiger partial charge in [0.1, 0.15) is 5.82 Å². The van der Waals surface area contributed by atoms with Crippen LogP contribution in [0.2, 0.25) is 5.02 Å². The monoisotopic (exact) mass is 268 g/mol. The molecule has 4 heteroatoms. The summed E-state index contributed by atoms with van der Waals surface area (Å²) in [4.78, 5) is 6.57. The number of nitrogens with zero attached hydrogens (tertiary/aromatic N) is 2. The highest BCUT2D eigenvalue weighted by molar-refractivity contribution is 6.31. The first kappa shape index (κ1) is 13.6. The van der Waals surface area contributed by atoms with Crippen molar-refractivity contribution in [1.29, 1.82) is 0 Å². The molecule has 0 bridgehead atoms. The lowest BCUT2D eigenvalue weighted by Crippen LogP contribution is -2.27. The first-order valence-corrected chi connectivity index (χ1v) is 7.06. The fraction of sp³-hybridized carbons (Fsp3) is 0.643. The molecule has 1 heterocycles. The number of rotatable bonds is 4. The van der Waals surface area contributed by atoms with Crippen LogP contribution < -0.4 is 4.90 Å². The van der Waals surface area contributed by atoms with E-state index in [0.717, 1.165) is 18.3 Å². The molecule has 0 atom stereocenters. The molecule has 2 rings (SSSR count). The van der Waals surface area contributed by atoms with Crippen molar-refractivity contribution in [2.75, 3.05) is 18.5 Å². The molecule has 0 unspecified atom stereocenters. The summed E-state index contributed by atoms with van der Waals surface area (Å²) in [7, 11) is 2.06. The van der Waals surface area contributed by atoms with Gasteiger partial charge in [0.05, 0.1) is 17.3 Å². The number of aliphatic hydroxyl groups excluding tert-OH is 1. The first-order chi connectivity index (χ1) is 8.70. The lowest BCUT2D eigenvalue weighted by atomic mass is 9.89. The van der Waals surface area contributed by atoms with Crippen LogP contribution in [0.15, 0.2) is 12.1 Å². The van der Waals surface area contributed by atoms with Crippen LogP contribution in [0.25, 0.3) is 0 Å². The van der Waals surface area contributed by atoms with Crippen LogP contribution in [0, 0.1) is 5.92 Å². The van der Waals surface area contributed by atoms with Crippen molar-refractivity contribution in [1.82, 2.24) is 4.98 Å². The van der Waals surface area contributed by atoms with Gasteiger partial charge < -0.3 is 10.0 Å². The van der Waals surface area contributed by atoms with Gasteiger partial charge in [-0.25, -0.2) is 4.98 Å². The average Bonchev–Trinajstić information content (AvgIpc) is 2.40. The molecule has 1 aliphatic carbocycles. The summed E-state index contributed by atoms with van der Waals surface area (Å²) < 4.78 is 0. The Labute approximate surface area is 114 Å². The maximum atomic E-state index is 9.18.